The fourth-order valence-corrected chi connectivity index (χ4v) is 2.45. The molecule has 76 valence electrons. The molecule has 0 N–H and O–H groups in total. The molecule has 0 spiro atoms. The van der Waals surface area contributed by atoms with Crippen LogP contribution in [-0.4, -0.2) is 25.0 Å². The zero-order chi connectivity index (χ0) is 10.3. The van der Waals surface area contributed by atoms with Gasteiger partial charge in [0.05, 0.1) is 11.4 Å². The minimum atomic E-state index is 0.592. The number of piperidine rings is 1. The third-order valence-corrected chi connectivity index (χ3v) is 3.11. The average molecular weight is 191 g/mol. The van der Waals surface area contributed by atoms with E-state index in [1.807, 2.05) is 6.92 Å². The molecule has 2 aliphatic rings. The maximum absolute atomic E-state index is 4.11. The van der Waals surface area contributed by atoms with Crippen LogP contribution in [0.2, 0.25) is 0 Å². The van der Waals surface area contributed by atoms with E-state index in [1.165, 1.54) is 13.1 Å². The van der Waals surface area contributed by atoms with E-state index in [1.54, 1.807) is 0 Å². The second-order valence-corrected chi connectivity index (χ2v) is 4.50. The van der Waals surface area contributed by atoms with Gasteiger partial charge in [0.25, 0.3) is 0 Å². The van der Waals surface area contributed by atoms with Crippen LogP contribution in [0.5, 0.6) is 0 Å². The highest BCUT2D eigenvalue weighted by Gasteiger charge is 2.56. The largest absolute Gasteiger partial charge is 0.306 e. The van der Waals surface area contributed by atoms with Crippen molar-refractivity contribution in [3.05, 3.63) is 24.6 Å². The lowest BCUT2D eigenvalue weighted by Gasteiger charge is -2.11. The highest BCUT2D eigenvalue weighted by Crippen LogP contribution is 2.55. The van der Waals surface area contributed by atoms with Gasteiger partial charge in [-0.1, -0.05) is 13.2 Å². The first-order chi connectivity index (χ1) is 6.59. The Morgan fingerprint density at radius 2 is 1.79 bits per heavy atom. The van der Waals surface area contributed by atoms with Crippen LogP contribution in [0.3, 0.4) is 0 Å². The van der Waals surface area contributed by atoms with Crippen LogP contribution >= 0.6 is 0 Å². The van der Waals surface area contributed by atoms with Crippen LogP contribution in [0.15, 0.2) is 34.8 Å². The maximum Gasteiger partial charge on any atom is 0.0596 e. The molecule has 2 fully saturated rings. The molecule has 0 bridgehead atoms. The van der Waals surface area contributed by atoms with Gasteiger partial charge in [-0.05, 0) is 25.8 Å². The molecule has 2 rings (SSSR count). The van der Waals surface area contributed by atoms with Crippen LogP contribution in [-0.2, 0) is 0 Å². The van der Waals surface area contributed by atoms with Gasteiger partial charge in [0.2, 0.25) is 0 Å². The topological polar surface area (TPSA) is 28.0 Å². The minimum absolute atomic E-state index is 0.592. The Bertz CT molecular complexity index is 294. The highest BCUT2D eigenvalue weighted by molar-refractivity contribution is 5.19. The van der Waals surface area contributed by atoms with E-state index in [-0.39, 0.29) is 0 Å². The minimum Gasteiger partial charge on any atom is -0.306 e. The molecule has 3 nitrogen and oxygen atoms in total. The first-order valence-corrected chi connectivity index (χ1v) is 5.04. The molecule has 1 aliphatic carbocycles. The lowest BCUT2D eigenvalue weighted by molar-refractivity contribution is 0.354. The van der Waals surface area contributed by atoms with Crippen molar-refractivity contribution in [1.82, 2.24) is 4.90 Å². The summed E-state index contributed by atoms with van der Waals surface area (Å²) in [6.45, 7) is 11.9. The summed E-state index contributed by atoms with van der Waals surface area (Å²) in [5.74, 6) is 2.17. The van der Waals surface area contributed by atoms with Crippen LogP contribution in [0.25, 0.3) is 0 Å². The van der Waals surface area contributed by atoms with Crippen molar-refractivity contribution < 1.29 is 0 Å². The molecule has 0 aromatic carbocycles. The molecule has 14 heavy (non-hydrogen) atoms. The number of nitrogens with zero attached hydrogens (tertiary/aromatic N) is 3. The van der Waals surface area contributed by atoms with Gasteiger partial charge in [-0.2, -0.15) is 10.2 Å². The van der Waals surface area contributed by atoms with Gasteiger partial charge < -0.3 is 4.90 Å². The van der Waals surface area contributed by atoms with Gasteiger partial charge in [0.15, 0.2) is 0 Å². The summed E-state index contributed by atoms with van der Waals surface area (Å²) in [6.07, 6.45) is 0. The van der Waals surface area contributed by atoms with Gasteiger partial charge in [-0.15, -0.1) is 0 Å². The van der Waals surface area contributed by atoms with Crippen molar-refractivity contribution in [3.8, 4) is 0 Å². The Morgan fingerprint density at radius 3 is 2.29 bits per heavy atom. The van der Waals surface area contributed by atoms with Gasteiger partial charge in [0, 0.05) is 19.0 Å². The van der Waals surface area contributed by atoms with Gasteiger partial charge in [-0.3, -0.25) is 0 Å². The second kappa shape index (κ2) is 3.31. The van der Waals surface area contributed by atoms with E-state index in [9.17, 15) is 0 Å². The molecule has 0 aromatic rings. The molecule has 1 aliphatic heterocycles. The number of azo groups is 1. The van der Waals surface area contributed by atoms with Crippen LogP contribution in [0.4, 0.5) is 0 Å². The Labute approximate surface area is 85.2 Å². The summed E-state index contributed by atoms with van der Waals surface area (Å²) in [6, 6.07) is 0. The summed E-state index contributed by atoms with van der Waals surface area (Å²) in [5, 5.41) is 8.06. The van der Waals surface area contributed by atoms with E-state index in [0.29, 0.717) is 5.92 Å². The Kier molecular flexibility index (Phi) is 2.27. The van der Waals surface area contributed by atoms with Gasteiger partial charge >= 0.3 is 0 Å². The van der Waals surface area contributed by atoms with Gasteiger partial charge in [-0.25, -0.2) is 0 Å². The lowest BCUT2D eigenvalue weighted by atomic mass is 10.2. The fourth-order valence-electron chi connectivity index (χ4n) is 2.45. The third-order valence-electron chi connectivity index (χ3n) is 3.11. The van der Waals surface area contributed by atoms with Crippen molar-refractivity contribution in [3.63, 3.8) is 0 Å². The maximum atomic E-state index is 4.11. The number of fused-ring (bicyclic) bond motifs is 1. The molecule has 0 amide bonds. The lowest BCUT2D eigenvalue weighted by Crippen LogP contribution is -2.19. The summed E-state index contributed by atoms with van der Waals surface area (Å²) in [4.78, 5) is 2.37. The SMILES string of the molecule is C=C(C)N=NC(=C)C1C2CN(C)CC21. The highest BCUT2D eigenvalue weighted by atomic mass is 15.2. The van der Waals surface area contributed by atoms with E-state index in [0.717, 1.165) is 23.2 Å². The zero-order valence-corrected chi connectivity index (χ0v) is 8.90. The quantitative estimate of drug-likeness (QED) is 0.629. The number of hydrogen-bond donors (Lipinski definition) is 0. The number of allylic oxidation sites excluding steroid dienone is 2. The molecule has 1 saturated carbocycles. The first kappa shape index (κ1) is 9.59. The molecular formula is C11H17N3. The van der Waals surface area contributed by atoms with E-state index < -0.39 is 0 Å². The zero-order valence-electron chi connectivity index (χ0n) is 8.90. The fraction of sp³-hybridized carbons (Fsp3) is 0.636. The van der Waals surface area contributed by atoms with Gasteiger partial charge in [0.1, 0.15) is 0 Å². The average Bonchev–Trinajstić information content (AvgIpc) is 2.61. The van der Waals surface area contributed by atoms with Crippen LogP contribution in [0, 0.1) is 17.8 Å². The predicted octanol–water partition coefficient (Wildman–Crippen LogP) is 2.29. The molecule has 0 aromatic heterocycles. The van der Waals surface area contributed by atoms with Crippen molar-refractivity contribution in [1.29, 1.82) is 0 Å². The summed E-state index contributed by atoms with van der Waals surface area (Å²) < 4.78 is 0. The molecule has 2 unspecified atom stereocenters. The number of likely N-dealkylation sites (tertiary alicyclic amines) is 1. The van der Waals surface area contributed by atoms with E-state index >= 15 is 0 Å². The Balaban J connectivity index is 1.89. The van der Waals surface area contributed by atoms with Crippen molar-refractivity contribution in [2.24, 2.45) is 28.0 Å². The standard InChI is InChI=1S/C11H17N3/c1-7(2)12-13-8(3)11-9-5-14(4)6-10(9)11/h9-11H,1,3,5-6H2,2,4H3. The molecule has 3 heteroatoms. The third kappa shape index (κ3) is 1.64. The molecule has 1 saturated heterocycles. The van der Waals surface area contributed by atoms with Crippen molar-refractivity contribution >= 4 is 0 Å². The molecule has 2 atom stereocenters. The monoisotopic (exact) mass is 191 g/mol. The van der Waals surface area contributed by atoms with E-state index in [2.05, 4.69) is 35.3 Å². The Morgan fingerprint density at radius 1 is 1.21 bits per heavy atom. The summed E-state index contributed by atoms with van der Waals surface area (Å²) >= 11 is 0. The molecule has 0 radical (unpaired) electrons. The predicted molar refractivity (Wildman–Crippen MR) is 56.8 cm³/mol. The first-order valence-electron chi connectivity index (χ1n) is 5.04. The van der Waals surface area contributed by atoms with Crippen LogP contribution in [0.1, 0.15) is 6.92 Å². The normalized spacial score (nSPS) is 36.0. The number of hydrogen-bond acceptors (Lipinski definition) is 3. The molecule has 1 heterocycles. The summed E-state index contributed by atoms with van der Waals surface area (Å²) in [7, 11) is 2.17. The van der Waals surface area contributed by atoms with Crippen molar-refractivity contribution in [2.45, 2.75) is 6.92 Å². The van der Waals surface area contributed by atoms with Crippen LogP contribution < -0.4 is 0 Å². The van der Waals surface area contributed by atoms with E-state index in [4.69, 9.17) is 0 Å². The Hall–Kier alpha value is -0.960. The molecular weight excluding hydrogens is 174 g/mol. The second-order valence-electron chi connectivity index (χ2n) is 4.50. The smallest absolute Gasteiger partial charge is 0.0596 e. The summed E-state index contributed by atoms with van der Waals surface area (Å²) in [5.41, 5.74) is 1.69. The van der Waals surface area contributed by atoms with Crippen molar-refractivity contribution in [2.75, 3.05) is 20.1 Å². The number of rotatable bonds is 3.